The summed E-state index contributed by atoms with van der Waals surface area (Å²) in [5.74, 6) is 0.690. The van der Waals surface area contributed by atoms with Crippen LogP contribution in [0.1, 0.15) is 26.7 Å². The van der Waals surface area contributed by atoms with E-state index in [1.807, 2.05) is 0 Å². The number of aliphatic hydroxyl groups is 1. The lowest BCUT2D eigenvalue weighted by Crippen LogP contribution is -2.33. The molecule has 1 heterocycles. The Balaban J connectivity index is 2.41. The number of nitrogens with zero attached hydrogens (tertiary/aromatic N) is 1. The van der Waals surface area contributed by atoms with Crippen LogP contribution >= 0.6 is 0 Å². The van der Waals surface area contributed by atoms with Crippen LogP contribution < -0.4 is 0 Å². The maximum atomic E-state index is 9.57. The van der Waals surface area contributed by atoms with Gasteiger partial charge in [-0.25, -0.2) is 0 Å². The van der Waals surface area contributed by atoms with E-state index >= 15 is 0 Å². The zero-order valence-corrected chi connectivity index (χ0v) is 7.75. The van der Waals surface area contributed by atoms with E-state index in [1.54, 1.807) is 0 Å². The Morgan fingerprint density at radius 3 is 2.55 bits per heavy atom. The predicted octanol–water partition coefficient (Wildman–Crippen LogP) is 1.10. The van der Waals surface area contributed by atoms with E-state index in [2.05, 4.69) is 25.8 Å². The molecule has 2 heteroatoms. The predicted molar refractivity (Wildman–Crippen MR) is 46.5 cm³/mol. The quantitative estimate of drug-likeness (QED) is 0.649. The van der Waals surface area contributed by atoms with Crippen molar-refractivity contribution in [1.29, 1.82) is 0 Å². The van der Waals surface area contributed by atoms with E-state index in [4.69, 9.17) is 0 Å². The van der Waals surface area contributed by atoms with Crippen LogP contribution in [0, 0.1) is 5.92 Å². The van der Waals surface area contributed by atoms with Crippen molar-refractivity contribution >= 4 is 0 Å². The Labute approximate surface area is 69.2 Å². The van der Waals surface area contributed by atoms with E-state index in [0.29, 0.717) is 12.0 Å². The van der Waals surface area contributed by atoms with Gasteiger partial charge in [0, 0.05) is 12.6 Å². The molecule has 1 saturated heterocycles. The summed E-state index contributed by atoms with van der Waals surface area (Å²) in [6.45, 7) is 5.47. The van der Waals surface area contributed by atoms with Crippen LogP contribution in [0.2, 0.25) is 0 Å². The normalized spacial score (nSPS) is 33.5. The molecule has 2 atom stereocenters. The first kappa shape index (κ1) is 9.01. The summed E-state index contributed by atoms with van der Waals surface area (Å²) in [5, 5.41) is 9.57. The van der Waals surface area contributed by atoms with Crippen molar-refractivity contribution in [3.63, 3.8) is 0 Å². The van der Waals surface area contributed by atoms with Gasteiger partial charge in [-0.2, -0.15) is 0 Å². The molecule has 11 heavy (non-hydrogen) atoms. The van der Waals surface area contributed by atoms with Crippen LogP contribution in [0.15, 0.2) is 0 Å². The van der Waals surface area contributed by atoms with Gasteiger partial charge < -0.3 is 10.0 Å². The van der Waals surface area contributed by atoms with Gasteiger partial charge >= 0.3 is 0 Å². The lowest BCUT2D eigenvalue weighted by Gasteiger charge is -2.23. The molecule has 0 aliphatic carbocycles. The van der Waals surface area contributed by atoms with E-state index in [9.17, 15) is 5.11 Å². The summed E-state index contributed by atoms with van der Waals surface area (Å²) in [6, 6.07) is 0.412. The minimum Gasteiger partial charge on any atom is -0.391 e. The van der Waals surface area contributed by atoms with Crippen molar-refractivity contribution < 1.29 is 5.11 Å². The van der Waals surface area contributed by atoms with Crippen LogP contribution in [-0.2, 0) is 0 Å². The molecule has 1 N–H and O–H groups in total. The van der Waals surface area contributed by atoms with E-state index in [0.717, 1.165) is 19.4 Å². The Morgan fingerprint density at radius 1 is 1.55 bits per heavy atom. The molecule has 0 aromatic carbocycles. The minimum atomic E-state index is -0.0811. The lowest BCUT2D eigenvalue weighted by molar-refractivity contribution is 0.113. The first-order valence-corrected chi connectivity index (χ1v) is 4.49. The number of hydrogen-bond donors (Lipinski definition) is 1. The van der Waals surface area contributed by atoms with Gasteiger partial charge in [-0.15, -0.1) is 0 Å². The van der Waals surface area contributed by atoms with E-state index in [1.165, 1.54) is 0 Å². The van der Waals surface area contributed by atoms with Gasteiger partial charge in [0.15, 0.2) is 0 Å². The number of aliphatic hydroxyl groups excluding tert-OH is 1. The van der Waals surface area contributed by atoms with Crippen LogP contribution in [0.5, 0.6) is 0 Å². The standard InChI is InChI=1S/C9H19NO/c1-7(2)6-8-9(11)4-5-10(8)3/h7-9,11H,4-6H2,1-3H3. The minimum absolute atomic E-state index is 0.0811. The molecule has 0 bridgehead atoms. The molecule has 0 saturated carbocycles. The average Bonchev–Trinajstić information content (AvgIpc) is 2.18. The summed E-state index contributed by atoms with van der Waals surface area (Å²) in [5.41, 5.74) is 0. The third-order valence-corrected chi connectivity index (χ3v) is 2.50. The molecule has 0 amide bonds. The van der Waals surface area contributed by atoms with Gasteiger partial charge in [0.25, 0.3) is 0 Å². The molecule has 2 nitrogen and oxygen atoms in total. The summed E-state index contributed by atoms with van der Waals surface area (Å²) in [6.07, 6.45) is 1.99. The highest BCUT2D eigenvalue weighted by atomic mass is 16.3. The van der Waals surface area contributed by atoms with Crippen molar-refractivity contribution in [2.75, 3.05) is 13.6 Å². The SMILES string of the molecule is CC(C)CC1C(O)CCN1C. The van der Waals surface area contributed by atoms with Crippen LogP contribution in [0.4, 0.5) is 0 Å². The fraction of sp³-hybridized carbons (Fsp3) is 1.00. The van der Waals surface area contributed by atoms with Crippen LogP contribution in [0.25, 0.3) is 0 Å². The van der Waals surface area contributed by atoms with Gasteiger partial charge in [0.1, 0.15) is 0 Å². The third kappa shape index (κ3) is 2.17. The number of likely N-dealkylation sites (tertiary alicyclic amines) is 1. The molecular formula is C9H19NO. The number of rotatable bonds is 2. The Kier molecular flexibility index (Phi) is 2.90. The maximum absolute atomic E-state index is 9.57. The van der Waals surface area contributed by atoms with Gasteiger partial charge in [-0.05, 0) is 25.8 Å². The zero-order valence-electron chi connectivity index (χ0n) is 7.75. The van der Waals surface area contributed by atoms with Gasteiger partial charge in [-0.1, -0.05) is 13.8 Å². The number of hydrogen-bond acceptors (Lipinski definition) is 2. The second-order valence-corrected chi connectivity index (χ2v) is 4.03. The van der Waals surface area contributed by atoms with Crippen molar-refractivity contribution in [3.05, 3.63) is 0 Å². The molecule has 1 aliphatic rings. The van der Waals surface area contributed by atoms with Crippen LogP contribution in [-0.4, -0.2) is 35.7 Å². The van der Waals surface area contributed by atoms with Crippen LogP contribution in [0.3, 0.4) is 0 Å². The van der Waals surface area contributed by atoms with E-state index < -0.39 is 0 Å². The molecule has 1 fully saturated rings. The van der Waals surface area contributed by atoms with Crippen molar-refractivity contribution in [2.45, 2.75) is 38.8 Å². The van der Waals surface area contributed by atoms with Crippen molar-refractivity contribution in [2.24, 2.45) is 5.92 Å². The second kappa shape index (κ2) is 3.55. The lowest BCUT2D eigenvalue weighted by atomic mass is 10.0. The Morgan fingerprint density at radius 2 is 2.18 bits per heavy atom. The Bertz CT molecular complexity index is 115. The summed E-state index contributed by atoms with van der Waals surface area (Å²) in [7, 11) is 2.10. The Hall–Kier alpha value is -0.0800. The topological polar surface area (TPSA) is 23.5 Å². The smallest absolute Gasteiger partial charge is 0.0707 e. The van der Waals surface area contributed by atoms with Gasteiger partial charge in [0.05, 0.1) is 6.10 Å². The molecule has 1 rings (SSSR count). The van der Waals surface area contributed by atoms with E-state index in [-0.39, 0.29) is 6.10 Å². The summed E-state index contributed by atoms with van der Waals surface area (Å²) < 4.78 is 0. The monoisotopic (exact) mass is 157 g/mol. The summed E-state index contributed by atoms with van der Waals surface area (Å²) in [4.78, 5) is 2.27. The first-order valence-electron chi connectivity index (χ1n) is 4.49. The van der Waals surface area contributed by atoms with Gasteiger partial charge in [-0.3, -0.25) is 0 Å². The second-order valence-electron chi connectivity index (χ2n) is 4.03. The van der Waals surface area contributed by atoms with Crippen molar-refractivity contribution in [1.82, 2.24) is 4.90 Å². The third-order valence-electron chi connectivity index (χ3n) is 2.50. The zero-order chi connectivity index (χ0) is 8.43. The highest BCUT2D eigenvalue weighted by Gasteiger charge is 2.29. The van der Waals surface area contributed by atoms with Crippen molar-refractivity contribution in [3.8, 4) is 0 Å². The number of likely N-dealkylation sites (N-methyl/N-ethyl adjacent to an activating group) is 1. The molecular weight excluding hydrogens is 138 g/mol. The fourth-order valence-electron chi connectivity index (χ4n) is 1.81. The average molecular weight is 157 g/mol. The van der Waals surface area contributed by atoms with Gasteiger partial charge in [0.2, 0.25) is 0 Å². The largest absolute Gasteiger partial charge is 0.391 e. The fourth-order valence-corrected chi connectivity index (χ4v) is 1.81. The summed E-state index contributed by atoms with van der Waals surface area (Å²) >= 11 is 0. The highest BCUT2D eigenvalue weighted by molar-refractivity contribution is 4.85. The molecule has 66 valence electrons. The first-order chi connectivity index (χ1) is 5.11. The molecule has 0 aromatic heterocycles. The molecule has 0 aromatic rings. The maximum Gasteiger partial charge on any atom is 0.0707 e. The molecule has 1 aliphatic heterocycles. The highest BCUT2D eigenvalue weighted by Crippen LogP contribution is 2.21. The molecule has 2 unspecified atom stereocenters. The molecule has 0 spiro atoms. The molecule has 0 radical (unpaired) electrons.